The molecule has 0 nitrogen and oxygen atoms in total. The summed E-state index contributed by atoms with van der Waals surface area (Å²) >= 11 is -1.86. The van der Waals surface area contributed by atoms with Crippen LogP contribution in [0.2, 0.25) is 8.97 Å². The molecule has 0 aliphatic rings. The van der Waals surface area contributed by atoms with Gasteiger partial charge in [0, 0.05) is 0 Å². The van der Waals surface area contributed by atoms with Gasteiger partial charge in [-0.2, -0.15) is 0 Å². The molecule has 0 saturated carbocycles. The third-order valence-corrected chi connectivity index (χ3v) is 9.23. The first-order valence-electron chi connectivity index (χ1n) is 2.39. The predicted molar refractivity (Wildman–Crippen MR) is 37.9 cm³/mol. The van der Waals surface area contributed by atoms with Crippen LogP contribution < -0.4 is 0 Å². The second kappa shape index (κ2) is 2.65. The van der Waals surface area contributed by atoms with Crippen molar-refractivity contribution in [3.05, 3.63) is 20.4 Å². The van der Waals surface area contributed by atoms with Crippen molar-refractivity contribution >= 4 is 21.2 Å². The topological polar surface area (TPSA) is 0 Å². The summed E-state index contributed by atoms with van der Waals surface area (Å²) in [6.07, 6.45) is 0. The van der Waals surface area contributed by atoms with E-state index in [0.29, 0.717) is 0 Å². The quantitative estimate of drug-likeness (QED) is 0.684. The van der Waals surface area contributed by atoms with Crippen LogP contribution >= 0.6 is 0 Å². The monoisotopic (exact) mass is 292 g/mol. The van der Waals surface area contributed by atoms with Gasteiger partial charge >= 0.3 is 50.6 Å². The molecule has 0 rings (SSSR count). The Morgan fingerprint density at radius 2 is 1.43 bits per heavy atom. The predicted octanol–water partition coefficient (Wildman–Crippen LogP) is 2.15. The first-order valence-corrected chi connectivity index (χ1v) is 14.7. The van der Waals surface area contributed by atoms with E-state index in [1.54, 1.807) is 0 Å². The van der Waals surface area contributed by atoms with E-state index in [4.69, 9.17) is 0 Å². The fourth-order valence-corrected chi connectivity index (χ4v) is 0.731. The van der Waals surface area contributed by atoms with Gasteiger partial charge in [-0.05, 0) is 0 Å². The van der Waals surface area contributed by atoms with Crippen LogP contribution in [0.25, 0.3) is 0 Å². The van der Waals surface area contributed by atoms with Crippen LogP contribution in [-0.4, -0.2) is 21.2 Å². The number of hydrogen-bond acceptors (Lipinski definition) is 0. The molecule has 0 saturated heterocycles. The summed E-state index contributed by atoms with van der Waals surface area (Å²) in [6.45, 7) is 7.46. The third kappa shape index (κ3) is 3.03. The van der Waals surface area contributed by atoms with E-state index in [9.17, 15) is 0 Å². The van der Waals surface area contributed by atoms with Gasteiger partial charge in [-0.25, -0.2) is 0 Å². The molecule has 0 atom stereocenters. The SMILES string of the molecule is C=[CH][Pb]([CH3])([CH3])[CH]=C. The molecule has 0 aliphatic heterocycles. The van der Waals surface area contributed by atoms with Crippen molar-refractivity contribution in [2.75, 3.05) is 0 Å². The van der Waals surface area contributed by atoms with E-state index in [2.05, 4.69) is 29.4 Å². The van der Waals surface area contributed by atoms with Crippen LogP contribution in [0.1, 0.15) is 0 Å². The fraction of sp³-hybridized carbons (Fsp3) is 0.333. The fourth-order valence-electron chi connectivity index (χ4n) is 0.0833. The van der Waals surface area contributed by atoms with Crippen LogP contribution in [0.4, 0.5) is 0 Å². The summed E-state index contributed by atoms with van der Waals surface area (Å²) < 4.78 is 8.76. The molecule has 0 amide bonds. The molecular weight excluding hydrogens is 279 g/mol. The summed E-state index contributed by atoms with van der Waals surface area (Å²) in [7, 11) is 0. The third-order valence-electron chi connectivity index (χ3n) is 1.05. The van der Waals surface area contributed by atoms with Gasteiger partial charge in [0.05, 0.1) is 0 Å². The zero-order chi connectivity index (χ0) is 5.91. The molecule has 0 aromatic carbocycles. The molecule has 0 aliphatic carbocycles. The summed E-state index contributed by atoms with van der Waals surface area (Å²) in [5.41, 5.74) is 0. The van der Waals surface area contributed by atoms with E-state index < -0.39 is 21.2 Å². The molecule has 0 bridgehead atoms. The summed E-state index contributed by atoms with van der Waals surface area (Å²) in [4.78, 5) is 0. The minimum absolute atomic E-state index is 1.86. The molecule has 7 heavy (non-hydrogen) atoms. The van der Waals surface area contributed by atoms with Gasteiger partial charge in [0.15, 0.2) is 0 Å². The van der Waals surface area contributed by atoms with Crippen molar-refractivity contribution in [3.63, 3.8) is 0 Å². The summed E-state index contributed by atoms with van der Waals surface area (Å²) in [6, 6.07) is 0. The minimum atomic E-state index is -1.86. The standard InChI is InChI=1S/2C2H3.2CH3.Pb/c2*1-2;;;/h2*1H,2H2;2*1H3;. The Morgan fingerprint density at radius 3 is 1.43 bits per heavy atom. The molecule has 0 N–H and O–H groups in total. The van der Waals surface area contributed by atoms with Gasteiger partial charge in [-0.15, -0.1) is 0 Å². The van der Waals surface area contributed by atoms with Crippen LogP contribution in [-0.2, 0) is 0 Å². The van der Waals surface area contributed by atoms with Gasteiger partial charge in [0.2, 0.25) is 0 Å². The Bertz CT molecular complexity index is 72.2. The van der Waals surface area contributed by atoms with Gasteiger partial charge in [-0.1, -0.05) is 0 Å². The second-order valence-electron chi connectivity index (χ2n) is 2.23. The van der Waals surface area contributed by atoms with Crippen molar-refractivity contribution in [2.45, 2.75) is 8.97 Å². The average molecular weight is 291 g/mol. The molecule has 0 unspecified atom stereocenters. The first kappa shape index (κ1) is 7.40. The van der Waals surface area contributed by atoms with Gasteiger partial charge in [0.25, 0.3) is 0 Å². The Balaban J connectivity index is 3.82. The second-order valence-corrected chi connectivity index (χ2v) is 19.6. The van der Waals surface area contributed by atoms with Crippen LogP contribution in [0.5, 0.6) is 0 Å². The van der Waals surface area contributed by atoms with E-state index in [1.165, 1.54) is 0 Å². The van der Waals surface area contributed by atoms with E-state index >= 15 is 0 Å². The molecular formula is C6H12Pb. The van der Waals surface area contributed by atoms with Gasteiger partial charge < -0.3 is 0 Å². The summed E-state index contributed by atoms with van der Waals surface area (Å²) in [5.74, 6) is 0. The number of hydrogen-bond donors (Lipinski definition) is 0. The van der Waals surface area contributed by atoms with Crippen LogP contribution in [0.15, 0.2) is 20.4 Å². The molecule has 0 aromatic heterocycles. The maximum absolute atomic E-state index is 3.73. The summed E-state index contributed by atoms with van der Waals surface area (Å²) in [5, 5.41) is 0. The Hall–Kier alpha value is 0.402. The van der Waals surface area contributed by atoms with Gasteiger partial charge in [0.1, 0.15) is 0 Å². The molecule has 0 heterocycles. The Morgan fingerprint density at radius 1 is 1.14 bits per heavy atom. The van der Waals surface area contributed by atoms with E-state index in [1.807, 2.05) is 0 Å². The van der Waals surface area contributed by atoms with Crippen LogP contribution in [0, 0.1) is 0 Å². The Kier molecular flexibility index (Phi) is 2.80. The van der Waals surface area contributed by atoms with E-state index in [0.717, 1.165) is 0 Å². The molecule has 0 spiro atoms. The molecule has 0 radical (unpaired) electrons. The van der Waals surface area contributed by atoms with Crippen molar-refractivity contribution in [1.82, 2.24) is 0 Å². The van der Waals surface area contributed by atoms with Crippen molar-refractivity contribution in [3.8, 4) is 0 Å². The normalized spacial score (nSPS) is 10.6. The van der Waals surface area contributed by atoms with Crippen molar-refractivity contribution in [2.24, 2.45) is 0 Å². The number of rotatable bonds is 2. The maximum atomic E-state index is 3.73. The zero-order valence-corrected chi connectivity index (χ0v) is 8.96. The first-order chi connectivity index (χ1) is 3.12. The molecule has 0 fully saturated rings. The Labute approximate surface area is 50.6 Å². The molecule has 1 heteroatoms. The average Bonchev–Trinajstić information content (AvgIpc) is 1.68. The van der Waals surface area contributed by atoms with Crippen LogP contribution in [0.3, 0.4) is 0 Å². The van der Waals surface area contributed by atoms with Gasteiger partial charge in [-0.3, -0.25) is 0 Å². The van der Waals surface area contributed by atoms with Crippen molar-refractivity contribution < 1.29 is 0 Å². The van der Waals surface area contributed by atoms with E-state index in [-0.39, 0.29) is 0 Å². The zero-order valence-electron chi connectivity index (χ0n) is 5.07. The van der Waals surface area contributed by atoms with Crippen molar-refractivity contribution in [1.29, 1.82) is 0 Å². The molecule has 0 aromatic rings. The molecule has 40 valence electrons.